The van der Waals surface area contributed by atoms with Crippen LogP contribution in [-0.2, 0) is 13.5 Å². The van der Waals surface area contributed by atoms with E-state index in [-0.39, 0.29) is 0 Å². The molecule has 0 spiro atoms. The van der Waals surface area contributed by atoms with E-state index in [2.05, 4.69) is 41.9 Å². The van der Waals surface area contributed by atoms with Gasteiger partial charge < -0.3 is 4.98 Å². The molecular formula is C17H22N4. The first-order chi connectivity index (χ1) is 9.92. The minimum atomic E-state index is 0.347. The summed E-state index contributed by atoms with van der Waals surface area (Å²) < 4.78 is 1.82. The fourth-order valence-electron chi connectivity index (χ4n) is 2.50. The van der Waals surface area contributed by atoms with Crippen LogP contribution in [0, 0.1) is 5.41 Å². The van der Waals surface area contributed by atoms with Crippen LogP contribution in [0.2, 0.25) is 0 Å². The Hall–Kier alpha value is -2.10. The number of pyridine rings is 1. The molecule has 0 saturated heterocycles. The van der Waals surface area contributed by atoms with E-state index < -0.39 is 0 Å². The Morgan fingerprint density at radius 1 is 1.24 bits per heavy atom. The Labute approximate surface area is 125 Å². The van der Waals surface area contributed by atoms with E-state index in [1.165, 1.54) is 16.5 Å². The van der Waals surface area contributed by atoms with Gasteiger partial charge in [-0.05, 0) is 29.9 Å². The zero-order valence-corrected chi connectivity index (χ0v) is 13.1. The summed E-state index contributed by atoms with van der Waals surface area (Å²) in [5.41, 5.74) is 4.87. The zero-order chi connectivity index (χ0) is 15.0. The summed E-state index contributed by atoms with van der Waals surface area (Å²) in [7, 11) is 1.94. The summed E-state index contributed by atoms with van der Waals surface area (Å²) in [6.45, 7) is 6.82. The van der Waals surface area contributed by atoms with Crippen LogP contribution in [0.3, 0.4) is 0 Å². The van der Waals surface area contributed by atoms with Gasteiger partial charge in [0.2, 0.25) is 0 Å². The summed E-state index contributed by atoms with van der Waals surface area (Å²) in [5, 5.41) is 5.43. The molecule has 3 heterocycles. The average Bonchev–Trinajstić information content (AvgIpc) is 3.01. The normalized spacial score (nSPS) is 12.2. The highest BCUT2D eigenvalue weighted by molar-refractivity contribution is 5.93. The minimum Gasteiger partial charge on any atom is -0.346 e. The summed E-state index contributed by atoms with van der Waals surface area (Å²) in [5.74, 6) is 0. The smallest absolute Gasteiger partial charge is 0.137 e. The summed E-state index contributed by atoms with van der Waals surface area (Å²) in [4.78, 5) is 7.80. The van der Waals surface area contributed by atoms with Crippen molar-refractivity contribution in [3.05, 3.63) is 36.4 Å². The maximum atomic E-state index is 4.55. The molecule has 0 aliphatic rings. The van der Waals surface area contributed by atoms with E-state index in [0.29, 0.717) is 5.41 Å². The van der Waals surface area contributed by atoms with Crippen molar-refractivity contribution in [1.29, 1.82) is 0 Å². The number of aromatic nitrogens is 4. The molecular weight excluding hydrogens is 260 g/mol. The summed E-state index contributed by atoms with van der Waals surface area (Å²) in [6.07, 6.45) is 10.1. The van der Waals surface area contributed by atoms with Crippen molar-refractivity contribution in [3.8, 4) is 11.1 Å². The molecule has 21 heavy (non-hydrogen) atoms. The van der Waals surface area contributed by atoms with Gasteiger partial charge in [-0.1, -0.05) is 20.8 Å². The van der Waals surface area contributed by atoms with E-state index >= 15 is 0 Å². The first-order valence-corrected chi connectivity index (χ1v) is 7.37. The molecule has 0 aliphatic heterocycles. The molecule has 0 atom stereocenters. The van der Waals surface area contributed by atoms with Gasteiger partial charge in [0.05, 0.1) is 6.20 Å². The molecule has 3 rings (SSSR count). The van der Waals surface area contributed by atoms with Gasteiger partial charge in [-0.15, -0.1) is 0 Å². The van der Waals surface area contributed by atoms with Gasteiger partial charge in [-0.25, -0.2) is 4.98 Å². The van der Waals surface area contributed by atoms with Crippen molar-refractivity contribution in [3.63, 3.8) is 0 Å². The van der Waals surface area contributed by atoms with Crippen LogP contribution in [0.25, 0.3) is 22.2 Å². The number of nitrogens with one attached hydrogen (secondary N) is 1. The van der Waals surface area contributed by atoms with Gasteiger partial charge >= 0.3 is 0 Å². The quantitative estimate of drug-likeness (QED) is 0.791. The average molecular weight is 282 g/mol. The Balaban J connectivity index is 1.96. The van der Waals surface area contributed by atoms with Gasteiger partial charge in [0.25, 0.3) is 0 Å². The van der Waals surface area contributed by atoms with Crippen LogP contribution in [0.4, 0.5) is 0 Å². The standard InChI is InChI=1S/C17H22N4/c1-17(2,3)6-5-12-7-14-15(10-19-16(14)18-8-12)13-9-20-21(4)11-13/h7-11H,5-6H2,1-4H3,(H,18,19). The lowest BCUT2D eigenvalue weighted by molar-refractivity contribution is 0.378. The maximum Gasteiger partial charge on any atom is 0.137 e. The van der Waals surface area contributed by atoms with Crippen LogP contribution in [-0.4, -0.2) is 19.7 Å². The van der Waals surface area contributed by atoms with Crippen LogP contribution >= 0.6 is 0 Å². The van der Waals surface area contributed by atoms with E-state index in [1.54, 1.807) is 0 Å². The number of nitrogens with zero attached hydrogens (tertiary/aromatic N) is 3. The first-order valence-electron chi connectivity index (χ1n) is 7.37. The molecule has 4 heteroatoms. The lowest BCUT2D eigenvalue weighted by Crippen LogP contribution is -2.06. The van der Waals surface area contributed by atoms with Crippen molar-refractivity contribution in [2.45, 2.75) is 33.6 Å². The number of aromatic amines is 1. The molecule has 3 aromatic rings. The molecule has 0 unspecified atom stereocenters. The van der Waals surface area contributed by atoms with Crippen molar-refractivity contribution >= 4 is 11.0 Å². The molecule has 0 aromatic carbocycles. The number of fused-ring (bicyclic) bond motifs is 1. The maximum absolute atomic E-state index is 4.55. The Morgan fingerprint density at radius 2 is 2.05 bits per heavy atom. The van der Waals surface area contributed by atoms with Crippen LogP contribution in [0.15, 0.2) is 30.9 Å². The highest BCUT2D eigenvalue weighted by Crippen LogP contribution is 2.29. The number of hydrogen-bond acceptors (Lipinski definition) is 2. The molecule has 0 bridgehead atoms. The van der Waals surface area contributed by atoms with Gasteiger partial charge in [-0.2, -0.15) is 5.10 Å². The van der Waals surface area contributed by atoms with E-state index in [0.717, 1.165) is 24.1 Å². The Kier molecular flexibility index (Phi) is 3.32. The monoisotopic (exact) mass is 282 g/mol. The second kappa shape index (κ2) is 5.02. The minimum absolute atomic E-state index is 0.347. The first kappa shape index (κ1) is 13.9. The van der Waals surface area contributed by atoms with Gasteiger partial charge in [0, 0.05) is 42.2 Å². The highest BCUT2D eigenvalue weighted by Gasteiger charge is 2.12. The zero-order valence-electron chi connectivity index (χ0n) is 13.1. The molecule has 4 nitrogen and oxygen atoms in total. The third-order valence-corrected chi connectivity index (χ3v) is 3.77. The van der Waals surface area contributed by atoms with Crippen molar-refractivity contribution in [2.24, 2.45) is 12.5 Å². The highest BCUT2D eigenvalue weighted by atomic mass is 15.2. The number of H-pyrrole nitrogens is 1. The van der Waals surface area contributed by atoms with Gasteiger partial charge in [0.1, 0.15) is 5.65 Å². The van der Waals surface area contributed by atoms with E-state index in [4.69, 9.17) is 0 Å². The fraction of sp³-hybridized carbons (Fsp3) is 0.412. The van der Waals surface area contributed by atoms with Crippen LogP contribution in [0.1, 0.15) is 32.8 Å². The number of rotatable bonds is 3. The summed E-state index contributed by atoms with van der Waals surface area (Å²) >= 11 is 0. The largest absolute Gasteiger partial charge is 0.346 e. The van der Waals surface area contributed by atoms with Crippen molar-refractivity contribution in [2.75, 3.05) is 0 Å². The lowest BCUT2D eigenvalue weighted by atomic mass is 9.89. The summed E-state index contributed by atoms with van der Waals surface area (Å²) in [6, 6.07) is 2.26. The number of hydrogen-bond donors (Lipinski definition) is 1. The molecule has 0 saturated carbocycles. The molecule has 0 amide bonds. The lowest BCUT2D eigenvalue weighted by Gasteiger charge is -2.17. The molecule has 0 aliphatic carbocycles. The van der Waals surface area contributed by atoms with E-state index in [9.17, 15) is 0 Å². The molecule has 110 valence electrons. The predicted molar refractivity (Wildman–Crippen MR) is 86.1 cm³/mol. The van der Waals surface area contributed by atoms with Gasteiger partial charge in [-0.3, -0.25) is 4.68 Å². The second-order valence-electron chi connectivity index (χ2n) is 6.91. The van der Waals surface area contributed by atoms with Crippen molar-refractivity contribution < 1.29 is 0 Å². The predicted octanol–water partition coefficient (Wildman–Crippen LogP) is 3.94. The molecule has 3 aromatic heterocycles. The van der Waals surface area contributed by atoms with Crippen LogP contribution < -0.4 is 0 Å². The molecule has 0 fully saturated rings. The molecule has 1 N–H and O–H groups in total. The Bertz CT molecular complexity index is 759. The van der Waals surface area contributed by atoms with E-state index in [1.807, 2.05) is 36.5 Å². The molecule has 0 radical (unpaired) electrons. The second-order valence-corrected chi connectivity index (χ2v) is 6.91. The van der Waals surface area contributed by atoms with Crippen LogP contribution in [0.5, 0.6) is 0 Å². The SMILES string of the molecule is Cn1cc(-c2c[nH]c3ncc(CCC(C)(C)C)cc23)cn1. The number of aryl methyl sites for hydroxylation is 2. The Morgan fingerprint density at radius 3 is 2.71 bits per heavy atom. The van der Waals surface area contributed by atoms with Gasteiger partial charge in [0.15, 0.2) is 0 Å². The van der Waals surface area contributed by atoms with Crippen molar-refractivity contribution in [1.82, 2.24) is 19.7 Å². The topological polar surface area (TPSA) is 46.5 Å². The third kappa shape index (κ3) is 2.99. The fourth-order valence-corrected chi connectivity index (χ4v) is 2.50. The third-order valence-electron chi connectivity index (χ3n) is 3.77.